The molecule has 5 heteroatoms. The van der Waals surface area contributed by atoms with Crippen molar-refractivity contribution < 1.29 is 9.53 Å². The summed E-state index contributed by atoms with van der Waals surface area (Å²) in [4.78, 5) is 19.6. The highest BCUT2D eigenvalue weighted by atomic mass is 16.5. The van der Waals surface area contributed by atoms with Crippen molar-refractivity contribution in [3.05, 3.63) is 42.1 Å². The number of nitrogen functional groups attached to an aromatic ring is 1. The molecule has 0 aliphatic heterocycles. The van der Waals surface area contributed by atoms with Crippen LogP contribution in [0.4, 0.5) is 5.95 Å². The van der Waals surface area contributed by atoms with Gasteiger partial charge in [-0.2, -0.15) is 0 Å². The van der Waals surface area contributed by atoms with E-state index in [1.807, 2.05) is 30.3 Å². The van der Waals surface area contributed by atoms with Crippen molar-refractivity contribution in [3.8, 4) is 11.3 Å². The van der Waals surface area contributed by atoms with E-state index in [1.54, 1.807) is 13.0 Å². The highest BCUT2D eigenvalue weighted by Gasteiger charge is 2.12. The molecule has 0 bridgehead atoms. The van der Waals surface area contributed by atoms with E-state index >= 15 is 0 Å². The van der Waals surface area contributed by atoms with E-state index in [9.17, 15) is 4.79 Å². The summed E-state index contributed by atoms with van der Waals surface area (Å²) in [5, 5.41) is 0. The van der Waals surface area contributed by atoms with E-state index in [0.717, 1.165) is 5.56 Å². The molecule has 0 fully saturated rings. The van der Waals surface area contributed by atoms with Gasteiger partial charge in [-0.1, -0.05) is 30.3 Å². The molecule has 0 unspecified atom stereocenters. The van der Waals surface area contributed by atoms with Gasteiger partial charge < -0.3 is 10.5 Å². The van der Waals surface area contributed by atoms with Crippen LogP contribution in [0.15, 0.2) is 36.4 Å². The first kappa shape index (κ1) is 12.0. The minimum Gasteiger partial charge on any atom is -0.461 e. The zero-order chi connectivity index (χ0) is 13.0. The lowest BCUT2D eigenvalue weighted by atomic mass is 10.1. The maximum atomic E-state index is 11.6. The minimum absolute atomic E-state index is 0.0550. The molecule has 1 heterocycles. The molecule has 0 saturated carbocycles. The van der Waals surface area contributed by atoms with Gasteiger partial charge in [-0.05, 0) is 13.0 Å². The van der Waals surface area contributed by atoms with Gasteiger partial charge in [0.1, 0.15) is 0 Å². The second-order valence-corrected chi connectivity index (χ2v) is 3.58. The molecule has 0 spiro atoms. The Morgan fingerprint density at radius 2 is 2.00 bits per heavy atom. The third kappa shape index (κ3) is 2.63. The van der Waals surface area contributed by atoms with Crippen LogP contribution in [0.25, 0.3) is 11.3 Å². The smallest absolute Gasteiger partial charge is 0.357 e. The molecular formula is C13H13N3O2. The average Bonchev–Trinajstić information content (AvgIpc) is 2.39. The number of hydrogen-bond acceptors (Lipinski definition) is 5. The van der Waals surface area contributed by atoms with E-state index in [2.05, 4.69) is 9.97 Å². The van der Waals surface area contributed by atoms with Gasteiger partial charge >= 0.3 is 5.97 Å². The molecule has 1 aromatic heterocycles. The van der Waals surface area contributed by atoms with Crippen molar-refractivity contribution in [1.82, 2.24) is 9.97 Å². The topological polar surface area (TPSA) is 78.1 Å². The van der Waals surface area contributed by atoms with Crippen molar-refractivity contribution in [1.29, 1.82) is 0 Å². The van der Waals surface area contributed by atoms with Crippen LogP contribution in [0.3, 0.4) is 0 Å². The number of ether oxygens (including phenoxy) is 1. The molecule has 92 valence electrons. The number of benzene rings is 1. The number of carbonyl (C=O) groups is 1. The zero-order valence-corrected chi connectivity index (χ0v) is 9.96. The highest BCUT2D eigenvalue weighted by Crippen LogP contribution is 2.18. The average molecular weight is 243 g/mol. The van der Waals surface area contributed by atoms with Gasteiger partial charge in [-0.15, -0.1) is 0 Å². The monoisotopic (exact) mass is 243 g/mol. The standard InChI is InChI=1S/C13H13N3O2/c1-2-18-12(17)11-8-10(15-13(14)16-11)9-6-4-3-5-7-9/h3-8H,2H2,1H3,(H2,14,15,16). The maximum absolute atomic E-state index is 11.6. The molecule has 0 atom stereocenters. The van der Waals surface area contributed by atoms with Gasteiger partial charge in [0.05, 0.1) is 12.3 Å². The molecule has 0 amide bonds. The van der Waals surface area contributed by atoms with Crippen molar-refractivity contribution in [2.24, 2.45) is 0 Å². The molecular weight excluding hydrogens is 230 g/mol. The van der Waals surface area contributed by atoms with E-state index in [-0.39, 0.29) is 11.6 Å². The second-order valence-electron chi connectivity index (χ2n) is 3.58. The van der Waals surface area contributed by atoms with Crippen molar-refractivity contribution in [3.63, 3.8) is 0 Å². The molecule has 2 N–H and O–H groups in total. The highest BCUT2D eigenvalue weighted by molar-refractivity contribution is 5.88. The predicted octanol–water partition coefficient (Wildman–Crippen LogP) is 1.90. The molecule has 0 aliphatic rings. The number of nitrogens with zero attached hydrogens (tertiary/aromatic N) is 2. The first-order valence-electron chi connectivity index (χ1n) is 5.58. The van der Waals surface area contributed by atoms with Crippen molar-refractivity contribution in [2.75, 3.05) is 12.3 Å². The lowest BCUT2D eigenvalue weighted by Crippen LogP contribution is -2.10. The number of nitrogens with two attached hydrogens (primary N) is 1. The lowest BCUT2D eigenvalue weighted by Gasteiger charge is -2.05. The zero-order valence-electron chi connectivity index (χ0n) is 9.96. The van der Waals surface area contributed by atoms with Crippen LogP contribution < -0.4 is 5.73 Å². The molecule has 0 saturated heterocycles. The SMILES string of the molecule is CCOC(=O)c1cc(-c2ccccc2)nc(N)n1. The summed E-state index contributed by atoms with van der Waals surface area (Å²) < 4.78 is 4.89. The molecule has 18 heavy (non-hydrogen) atoms. The van der Waals surface area contributed by atoms with Crippen LogP contribution in [0.2, 0.25) is 0 Å². The Labute approximate surface area is 105 Å². The molecule has 1 aromatic carbocycles. The largest absolute Gasteiger partial charge is 0.461 e. The lowest BCUT2D eigenvalue weighted by molar-refractivity contribution is 0.0519. The Morgan fingerprint density at radius 1 is 1.28 bits per heavy atom. The second kappa shape index (κ2) is 5.27. The van der Waals surface area contributed by atoms with E-state index in [0.29, 0.717) is 12.3 Å². The van der Waals surface area contributed by atoms with Crippen molar-refractivity contribution >= 4 is 11.9 Å². The third-order valence-electron chi connectivity index (χ3n) is 2.30. The summed E-state index contributed by atoms with van der Waals surface area (Å²) in [6.07, 6.45) is 0. The summed E-state index contributed by atoms with van der Waals surface area (Å²) in [5.41, 5.74) is 7.25. The summed E-state index contributed by atoms with van der Waals surface area (Å²) >= 11 is 0. The molecule has 5 nitrogen and oxygen atoms in total. The van der Waals surface area contributed by atoms with Crippen LogP contribution in [0.1, 0.15) is 17.4 Å². The van der Waals surface area contributed by atoms with Gasteiger partial charge in [0.25, 0.3) is 0 Å². The Balaban J connectivity index is 2.41. The van der Waals surface area contributed by atoms with Crippen LogP contribution in [-0.2, 0) is 4.74 Å². The fraction of sp³-hybridized carbons (Fsp3) is 0.154. The number of rotatable bonds is 3. The number of hydrogen-bond donors (Lipinski definition) is 1. The van der Waals surface area contributed by atoms with Crippen LogP contribution >= 0.6 is 0 Å². The van der Waals surface area contributed by atoms with Crippen molar-refractivity contribution in [2.45, 2.75) is 6.92 Å². The number of aromatic nitrogens is 2. The van der Waals surface area contributed by atoms with Crippen LogP contribution in [0, 0.1) is 0 Å². The Hall–Kier alpha value is -2.43. The number of anilines is 1. The van der Waals surface area contributed by atoms with Crippen LogP contribution in [-0.4, -0.2) is 22.5 Å². The first-order valence-corrected chi connectivity index (χ1v) is 5.58. The third-order valence-corrected chi connectivity index (χ3v) is 2.30. The fourth-order valence-corrected chi connectivity index (χ4v) is 1.53. The number of esters is 1. The fourth-order valence-electron chi connectivity index (χ4n) is 1.53. The van der Waals surface area contributed by atoms with Crippen LogP contribution in [0.5, 0.6) is 0 Å². The van der Waals surface area contributed by atoms with Gasteiger partial charge in [0.15, 0.2) is 5.69 Å². The molecule has 2 aromatic rings. The normalized spacial score (nSPS) is 10.1. The Bertz CT molecular complexity index is 555. The molecule has 0 aliphatic carbocycles. The molecule has 0 radical (unpaired) electrons. The van der Waals surface area contributed by atoms with Gasteiger partial charge in [0, 0.05) is 5.56 Å². The van der Waals surface area contributed by atoms with Gasteiger partial charge in [-0.25, -0.2) is 14.8 Å². The minimum atomic E-state index is -0.496. The van der Waals surface area contributed by atoms with E-state index in [4.69, 9.17) is 10.5 Å². The number of carbonyl (C=O) groups excluding carboxylic acids is 1. The van der Waals surface area contributed by atoms with E-state index in [1.165, 1.54) is 0 Å². The summed E-state index contributed by atoms with van der Waals surface area (Å²) in [6.45, 7) is 2.03. The van der Waals surface area contributed by atoms with E-state index < -0.39 is 5.97 Å². The summed E-state index contributed by atoms with van der Waals surface area (Å²) in [5.74, 6) is -0.441. The quantitative estimate of drug-likeness (QED) is 0.833. The molecule has 2 rings (SSSR count). The maximum Gasteiger partial charge on any atom is 0.357 e. The first-order chi connectivity index (χ1) is 8.70. The summed E-state index contributed by atoms with van der Waals surface area (Å²) in [6, 6.07) is 11.0. The predicted molar refractivity (Wildman–Crippen MR) is 67.8 cm³/mol. The summed E-state index contributed by atoms with van der Waals surface area (Å²) in [7, 11) is 0. The Morgan fingerprint density at radius 3 is 2.67 bits per heavy atom. The Kier molecular flexibility index (Phi) is 3.52. The van der Waals surface area contributed by atoms with Gasteiger partial charge in [0.2, 0.25) is 5.95 Å². The van der Waals surface area contributed by atoms with Gasteiger partial charge in [-0.3, -0.25) is 0 Å².